The van der Waals surface area contributed by atoms with Crippen LogP contribution in [0.1, 0.15) is 32.0 Å². The number of fused-ring (bicyclic) bond motifs is 3. The van der Waals surface area contributed by atoms with Gasteiger partial charge in [-0.25, -0.2) is 10.2 Å². The summed E-state index contributed by atoms with van der Waals surface area (Å²) in [5.74, 6) is -0.269. The summed E-state index contributed by atoms with van der Waals surface area (Å²) in [5, 5.41) is 16.0. The molecule has 0 spiro atoms. The zero-order valence-corrected chi connectivity index (χ0v) is 19.8. The van der Waals surface area contributed by atoms with Crippen molar-refractivity contribution in [3.63, 3.8) is 0 Å². The van der Waals surface area contributed by atoms with Crippen LogP contribution in [0.4, 0.5) is 0 Å². The van der Waals surface area contributed by atoms with E-state index < -0.39 is 11.9 Å². The van der Waals surface area contributed by atoms with Crippen LogP contribution in [0.3, 0.4) is 0 Å². The molecule has 0 radical (unpaired) electrons. The molecule has 37 heavy (non-hydrogen) atoms. The fourth-order valence-electron chi connectivity index (χ4n) is 3.91. The minimum Gasteiger partial charge on any atom is -0.493 e. The molecule has 0 saturated carbocycles. The van der Waals surface area contributed by atoms with Crippen LogP contribution < -0.4 is 14.9 Å². The van der Waals surface area contributed by atoms with Gasteiger partial charge >= 0.3 is 11.9 Å². The SMILES string of the molecule is COc1cc(/C=N/NC(=O)c2cc3c(ccc4ccccc43)o2)ccc1OCc1ccc(C(=O)O)cc1. The fraction of sp³-hybridized carbons (Fsp3) is 0.0690. The summed E-state index contributed by atoms with van der Waals surface area (Å²) >= 11 is 0. The second kappa shape index (κ2) is 10.2. The van der Waals surface area contributed by atoms with Gasteiger partial charge in [0.1, 0.15) is 12.2 Å². The lowest BCUT2D eigenvalue weighted by molar-refractivity contribution is 0.0696. The number of furan rings is 1. The van der Waals surface area contributed by atoms with Crippen molar-refractivity contribution in [3.8, 4) is 11.5 Å². The Bertz CT molecular complexity index is 1640. The third-order valence-corrected chi connectivity index (χ3v) is 5.81. The third-order valence-electron chi connectivity index (χ3n) is 5.81. The molecule has 2 N–H and O–H groups in total. The molecule has 8 heteroatoms. The van der Waals surface area contributed by atoms with E-state index in [9.17, 15) is 9.59 Å². The molecule has 0 aliphatic heterocycles. The second-order valence-corrected chi connectivity index (χ2v) is 8.21. The van der Waals surface area contributed by atoms with E-state index in [1.807, 2.05) is 36.4 Å². The largest absolute Gasteiger partial charge is 0.493 e. The van der Waals surface area contributed by atoms with Gasteiger partial charge in [-0.2, -0.15) is 5.10 Å². The van der Waals surface area contributed by atoms with Gasteiger partial charge in [-0.3, -0.25) is 4.79 Å². The standard InChI is InChI=1S/C29H22N2O6/c1-35-26-14-19(8-12-25(26)36-17-18-6-9-21(10-7-18)29(33)34)16-30-31-28(32)27-15-23-22-5-3-2-4-20(22)11-13-24(23)37-27/h2-16H,17H2,1H3,(H,31,32)(H,33,34)/b30-16+. The van der Waals surface area contributed by atoms with Crippen molar-refractivity contribution in [2.75, 3.05) is 7.11 Å². The first-order chi connectivity index (χ1) is 18.0. The van der Waals surface area contributed by atoms with Gasteiger partial charge in [0.25, 0.3) is 0 Å². The number of methoxy groups -OCH3 is 1. The highest BCUT2D eigenvalue weighted by Gasteiger charge is 2.13. The Morgan fingerprint density at radius 2 is 1.76 bits per heavy atom. The number of aromatic carboxylic acids is 1. The number of hydrogen-bond donors (Lipinski definition) is 2. The van der Waals surface area contributed by atoms with Crippen LogP contribution in [0.2, 0.25) is 0 Å². The molecule has 0 bridgehead atoms. The number of carboxylic acid groups (broad SMARTS) is 1. The van der Waals surface area contributed by atoms with Gasteiger partial charge in [-0.05, 0) is 64.4 Å². The molecule has 4 aromatic carbocycles. The number of carbonyl (C=O) groups is 2. The van der Waals surface area contributed by atoms with Crippen molar-refractivity contribution in [3.05, 3.63) is 107 Å². The van der Waals surface area contributed by atoms with Crippen LogP contribution in [-0.4, -0.2) is 30.3 Å². The molecule has 5 aromatic rings. The Morgan fingerprint density at radius 3 is 2.54 bits per heavy atom. The van der Waals surface area contributed by atoms with Crippen molar-refractivity contribution in [1.82, 2.24) is 5.43 Å². The van der Waals surface area contributed by atoms with Crippen molar-refractivity contribution in [2.45, 2.75) is 6.61 Å². The summed E-state index contributed by atoms with van der Waals surface area (Å²) in [6, 6.07) is 25.1. The molecule has 184 valence electrons. The first-order valence-electron chi connectivity index (χ1n) is 11.4. The van der Waals surface area contributed by atoms with E-state index in [1.165, 1.54) is 25.5 Å². The normalized spacial score (nSPS) is 11.2. The monoisotopic (exact) mass is 494 g/mol. The van der Waals surface area contributed by atoms with Gasteiger partial charge in [-0.15, -0.1) is 0 Å². The molecule has 5 rings (SSSR count). The zero-order chi connectivity index (χ0) is 25.8. The minimum absolute atomic E-state index is 0.168. The first-order valence-corrected chi connectivity index (χ1v) is 11.4. The van der Waals surface area contributed by atoms with E-state index >= 15 is 0 Å². The van der Waals surface area contributed by atoms with Crippen LogP contribution in [0.25, 0.3) is 21.7 Å². The van der Waals surface area contributed by atoms with Crippen LogP contribution >= 0.6 is 0 Å². The maximum Gasteiger partial charge on any atom is 0.335 e. The van der Waals surface area contributed by atoms with Crippen molar-refractivity contribution in [1.29, 1.82) is 0 Å². The zero-order valence-electron chi connectivity index (χ0n) is 19.8. The summed E-state index contributed by atoms with van der Waals surface area (Å²) < 4.78 is 17.0. The number of hydrogen-bond acceptors (Lipinski definition) is 6. The number of carbonyl (C=O) groups excluding carboxylic acids is 1. The summed E-state index contributed by atoms with van der Waals surface area (Å²) in [4.78, 5) is 23.6. The summed E-state index contributed by atoms with van der Waals surface area (Å²) in [6.45, 7) is 0.243. The molecule has 0 fully saturated rings. The Morgan fingerprint density at radius 1 is 0.946 bits per heavy atom. The topological polar surface area (TPSA) is 110 Å². The Kier molecular flexibility index (Phi) is 6.54. The molecule has 1 heterocycles. The van der Waals surface area contributed by atoms with Gasteiger partial charge in [0, 0.05) is 5.39 Å². The van der Waals surface area contributed by atoms with Gasteiger partial charge in [0.05, 0.1) is 18.9 Å². The summed E-state index contributed by atoms with van der Waals surface area (Å²) in [7, 11) is 1.53. The molecule has 1 aromatic heterocycles. The van der Waals surface area contributed by atoms with Gasteiger partial charge in [0.15, 0.2) is 17.3 Å². The van der Waals surface area contributed by atoms with E-state index in [2.05, 4.69) is 10.5 Å². The Labute approximate surface area is 211 Å². The minimum atomic E-state index is -0.978. The fourth-order valence-corrected chi connectivity index (χ4v) is 3.91. The molecule has 0 saturated heterocycles. The number of benzene rings is 4. The van der Waals surface area contributed by atoms with Crippen molar-refractivity contribution in [2.24, 2.45) is 5.10 Å². The lowest BCUT2D eigenvalue weighted by atomic mass is 10.1. The van der Waals surface area contributed by atoms with Crippen molar-refractivity contribution < 1.29 is 28.6 Å². The number of amides is 1. The maximum absolute atomic E-state index is 12.6. The lowest BCUT2D eigenvalue weighted by Gasteiger charge is -2.11. The van der Waals surface area contributed by atoms with Gasteiger partial charge in [-0.1, -0.05) is 42.5 Å². The van der Waals surface area contributed by atoms with Gasteiger partial charge < -0.3 is 19.0 Å². The predicted octanol–water partition coefficient (Wildman–Crippen LogP) is 5.64. The Hall–Kier alpha value is -5.11. The van der Waals surface area contributed by atoms with Crippen molar-refractivity contribution >= 4 is 39.8 Å². The number of nitrogens with one attached hydrogen (secondary N) is 1. The quantitative estimate of drug-likeness (QED) is 0.214. The average Bonchev–Trinajstić information content (AvgIpc) is 3.37. The van der Waals surface area contributed by atoms with Crippen LogP contribution in [-0.2, 0) is 6.61 Å². The first kappa shape index (κ1) is 23.6. The van der Waals surface area contributed by atoms with Crippen LogP contribution in [0.15, 0.2) is 94.4 Å². The maximum atomic E-state index is 12.6. The number of carboxylic acids is 1. The summed E-state index contributed by atoms with van der Waals surface area (Å²) in [6.07, 6.45) is 1.49. The molecule has 1 amide bonds. The molecular formula is C29H22N2O6. The predicted molar refractivity (Wildman–Crippen MR) is 140 cm³/mol. The number of ether oxygens (including phenoxy) is 2. The van der Waals surface area contributed by atoms with E-state index in [0.29, 0.717) is 22.6 Å². The van der Waals surface area contributed by atoms with Gasteiger partial charge in [0.2, 0.25) is 0 Å². The van der Waals surface area contributed by atoms with E-state index in [1.54, 1.807) is 36.4 Å². The molecule has 0 aliphatic rings. The smallest absolute Gasteiger partial charge is 0.335 e. The number of rotatable bonds is 8. The van der Waals surface area contributed by atoms with E-state index in [4.69, 9.17) is 19.0 Å². The molecule has 0 unspecified atom stereocenters. The molecular weight excluding hydrogens is 472 g/mol. The molecule has 0 atom stereocenters. The van der Waals surface area contributed by atoms with E-state index in [-0.39, 0.29) is 17.9 Å². The molecule has 8 nitrogen and oxygen atoms in total. The second-order valence-electron chi connectivity index (χ2n) is 8.21. The highest BCUT2D eigenvalue weighted by atomic mass is 16.5. The molecule has 0 aliphatic carbocycles. The van der Waals surface area contributed by atoms with E-state index in [0.717, 1.165) is 21.7 Å². The third kappa shape index (κ3) is 5.13. The number of hydrazone groups is 1. The summed E-state index contributed by atoms with van der Waals surface area (Å²) in [5.41, 5.74) is 4.84. The Balaban J connectivity index is 1.24. The highest BCUT2D eigenvalue weighted by Crippen LogP contribution is 2.29. The van der Waals surface area contributed by atoms with Crippen LogP contribution in [0, 0.1) is 0 Å². The average molecular weight is 495 g/mol. The number of nitrogens with zero attached hydrogens (tertiary/aromatic N) is 1. The highest BCUT2D eigenvalue weighted by molar-refractivity contribution is 6.08. The van der Waals surface area contributed by atoms with Crippen LogP contribution in [0.5, 0.6) is 11.5 Å². The lowest BCUT2D eigenvalue weighted by Crippen LogP contribution is -2.16.